The third-order valence-corrected chi connectivity index (χ3v) is 7.14. The minimum atomic E-state index is -3.29. The zero-order valence-corrected chi connectivity index (χ0v) is 11.9. The van der Waals surface area contributed by atoms with Gasteiger partial charge in [-0.1, -0.05) is 0 Å². The summed E-state index contributed by atoms with van der Waals surface area (Å²) in [5, 5.41) is 0. The summed E-state index contributed by atoms with van der Waals surface area (Å²) in [6.07, 6.45) is 0.930. The van der Waals surface area contributed by atoms with Crippen molar-refractivity contribution < 1.29 is 8.42 Å². The number of thioether (sulfide) groups is 1. The predicted octanol–water partition coefficient (Wildman–Crippen LogP) is 1.33. The quantitative estimate of drug-likeness (QED) is 0.913. The van der Waals surface area contributed by atoms with Crippen LogP contribution in [0.3, 0.4) is 0 Å². The average Bonchev–Trinajstić information content (AvgIpc) is 2.64. The standard InChI is InChI=1S/C10H16N2O2S3/c11-8-9-2-3-10(16-9)17(13,14)12-4-1-6-15-7-5-12/h2-3H,1,4-8,11H2. The van der Waals surface area contributed by atoms with E-state index < -0.39 is 10.0 Å². The molecule has 1 saturated heterocycles. The lowest BCUT2D eigenvalue weighted by Gasteiger charge is -2.18. The first-order valence-electron chi connectivity index (χ1n) is 5.51. The van der Waals surface area contributed by atoms with Crippen LogP contribution in [0, 0.1) is 0 Å². The molecule has 0 amide bonds. The van der Waals surface area contributed by atoms with E-state index in [4.69, 9.17) is 5.73 Å². The van der Waals surface area contributed by atoms with Gasteiger partial charge in [-0.15, -0.1) is 11.3 Å². The van der Waals surface area contributed by atoms with Crippen molar-refractivity contribution in [3.63, 3.8) is 0 Å². The Labute approximate surface area is 110 Å². The molecule has 4 nitrogen and oxygen atoms in total. The van der Waals surface area contributed by atoms with Crippen LogP contribution in [0.1, 0.15) is 11.3 Å². The van der Waals surface area contributed by atoms with Crippen molar-refractivity contribution in [2.75, 3.05) is 24.6 Å². The Balaban J connectivity index is 2.22. The van der Waals surface area contributed by atoms with Gasteiger partial charge in [0, 0.05) is 30.3 Å². The van der Waals surface area contributed by atoms with Crippen molar-refractivity contribution in [2.45, 2.75) is 17.2 Å². The molecule has 1 fully saturated rings. The maximum Gasteiger partial charge on any atom is 0.252 e. The number of nitrogens with two attached hydrogens (primary N) is 1. The highest BCUT2D eigenvalue weighted by molar-refractivity contribution is 7.99. The first-order chi connectivity index (χ1) is 8.14. The molecule has 2 heterocycles. The topological polar surface area (TPSA) is 63.4 Å². The van der Waals surface area contributed by atoms with E-state index >= 15 is 0 Å². The Hall–Kier alpha value is -0.0800. The molecule has 0 unspecified atom stereocenters. The van der Waals surface area contributed by atoms with Crippen molar-refractivity contribution >= 4 is 33.1 Å². The van der Waals surface area contributed by atoms with Gasteiger partial charge >= 0.3 is 0 Å². The van der Waals surface area contributed by atoms with Gasteiger partial charge < -0.3 is 5.73 Å². The smallest absolute Gasteiger partial charge is 0.252 e. The highest BCUT2D eigenvalue weighted by atomic mass is 32.2. The summed E-state index contributed by atoms with van der Waals surface area (Å²) in [6.45, 7) is 1.64. The minimum absolute atomic E-state index is 0.399. The molecular weight excluding hydrogens is 276 g/mol. The lowest BCUT2D eigenvalue weighted by Crippen LogP contribution is -2.32. The number of hydrogen-bond donors (Lipinski definition) is 1. The monoisotopic (exact) mass is 292 g/mol. The molecule has 0 aromatic carbocycles. The van der Waals surface area contributed by atoms with E-state index in [1.165, 1.54) is 11.3 Å². The fourth-order valence-electron chi connectivity index (χ4n) is 1.70. The largest absolute Gasteiger partial charge is 0.326 e. The molecule has 1 aromatic heterocycles. The molecule has 1 aliphatic heterocycles. The molecule has 0 aliphatic carbocycles. The van der Waals surface area contributed by atoms with Crippen LogP contribution in [0.2, 0.25) is 0 Å². The van der Waals surface area contributed by atoms with Gasteiger partial charge in [-0.25, -0.2) is 8.42 Å². The van der Waals surface area contributed by atoms with Crippen molar-refractivity contribution in [1.82, 2.24) is 4.31 Å². The SMILES string of the molecule is NCc1ccc(S(=O)(=O)N2CCCSCC2)s1. The molecule has 0 bridgehead atoms. The summed E-state index contributed by atoms with van der Waals surface area (Å²) < 4.78 is 26.7. The molecule has 0 radical (unpaired) electrons. The van der Waals surface area contributed by atoms with Gasteiger partial charge in [0.05, 0.1) is 0 Å². The van der Waals surface area contributed by atoms with E-state index in [2.05, 4.69) is 0 Å². The van der Waals surface area contributed by atoms with Gasteiger partial charge in [-0.3, -0.25) is 0 Å². The molecule has 96 valence electrons. The van der Waals surface area contributed by atoms with Gasteiger partial charge in [0.25, 0.3) is 10.0 Å². The maximum atomic E-state index is 12.4. The van der Waals surface area contributed by atoms with Crippen LogP contribution in [-0.2, 0) is 16.6 Å². The van der Waals surface area contributed by atoms with Crippen molar-refractivity contribution in [1.29, 1.82) is 0 Å². The number of nitrogens with zero attached hydrogens (tertiary/aromatic N) is 1. The second kappa shape index (κ2) is 5.71. The van der Waals surface area contributed by atoms with Crippen molar-refractivity contribution in [3.8, 4) is 0 Å². The van der Waals surface area contributed by atoms with Gasteiger partial charge in [-0.05, 0) is 24.3 Å². The van der Waals surface area contributed by atoms with E-state index in [-0.39, 0.29) is 0 Å². The predicted molar refractivity (Wildman–Crippen MR) is 72.9 cm³/mol. The van der Waals surface area contributed by atoms with Gasteiger partial charge in [0.2, 0.25) is 0 Å². The molecule has 1 aromatic rings. The number of sulfonamides is 1. The van der Waals surface area contributed by atoms with Crippen LogP contribution in [0.15, 0.2) is 16.3 Å². The second-order valence-corrected chi connectivity index (χ2v) is 8.35. The van der Waals surface area contributed by atoms with Gasteiger partial charge in [-0.2, -0.15) is 16.1 Å². The third-order valence-electron chi connectivity index (χ3n) is 2.61. The van der Waals surface area contributed by atoms with E-state index in [9.17, 15) is 8.42 Å². The van der Waals surface area contributed by atoms with E-state index in [0.717, 1.165) is 22.8 Å². The highest BCUT2D eigenvalue weighted by Crippen LogP contribution is 2.26. The molecule has 0 atom stereocenters. The second-order valence-electron chi connectivity index (χ2n) is 3.79. The van der Waals surface area contributed by atoms with E-state index in [0.29, 0.717) is 23.8 Å². The Morgan fingerprint density at radius 2 is 2.12 bits per heavy atom. The summed E-state index contributed by atoms with van der Waals surface area (Å²) in [4.78, 5) is 0.910. The fraction of sp³-hybridized carbons (Fsp3) is 0.600. The minimum Gasteiger partial charge on any atom is -0.326 e. The zero-order chi connectivity index (χ0) is 12.3. The average molecular weight is 292 g/mol. The molecule has 0 spiro atoms. The lowest BCUT2D eigenvalue weighted by molar-refractivity contribution is 0.436. The van der Waals surface area contributed by atoms with Crippen LogP contribution in [0.4, 0.5) is 0 Å². The van der Waals surface area contributed by atoms with Gasteiger partial charge in [0.1, 0.15) is 4.21 Å². The molecule has 7 heteroatoms. The molecule has 17 heavy (non-hydrogen) atoms. The summed E-state index contributed by atoms with van der Waals surface area (Å²) in [6, 6.07) is 3.46. The molecular formula is C10H16N2O2S3. The molecule has 2 N–H and O–H groups in total. The summed E-state index contributed by atoms with van der Waals surface area (Å²) in [5.41, 5.74) is 5.51. The fourth-order valence-corrected chi connectivity index (χ4v) is 5.57. The van der Waals surface area contributed by atoms with Crippen LogP contribution in [-0.4, -0.2) is 37.3 Å². The van der Waals surface area contributed by atoms with Crippen LogP contribution < -0.4 is 5.73 Å². The van der Waals surface area contributed by atoms with Crippen LogP contribution >= 0.6 is 23.1 Å². The molecule has 2 rings (SSSR count). The zero-order valence-electron chi connectivity index (χ0n) is 9.46. The maximum absolute atomic E-state index is 12.4. The Bertz CT molecular complexity index is 462. The number of hydrogen-bond acceptors (Lipinski definition) is 5. The first kappa shape index (κ1) is 13.4. The highest BCUT2D eigenvalue weighted by Gasteiger charge is 2.26. The van der Waals surface area contributed by atoms with Gasteiger partial charge in [0.15, 0.2) is 0 Å². The van der Waals surface area contributed by atoms with Crippen LogP contribution in [0.5, 0.6) is 0 Å². The number of rotatable bonds is 3. The lowest BCUT2D eigenvalue weighted by atomic mass is 10.5. The first-order valence-corrected chi connectivity index (χ1v) is 8.92. The third kappa shape index (κ3) is 3.03. The number of thiophene rings is 1. The Kier molecular flexibility index (Phi) is 4.48. The molecule has 0 saturated carbocycles. The van der Waals surface area contributed by atoms with E-state index in [1.54, 1.807) is 16.4 Å². The van der Waals surface area contributed by atoms with Crippen molar-refractivity contribution in [3.05, 3.63) is 17.0 Å². The van der Waals surface area contributed by atoms with Crippen LogP contribution in [0.25, 0.3) is 0 Å². The summed E-state index contributed by atoms with van der Waals surface area (Å²) in [5.74, 6) is 1.93. The Morgan fingerprint density at radius 1 is 1.29 bits per heavy atom. The molecule has 1 aliphatic rings. The summed E-state index contributed by atoms with van der Waals surface area (Å²) in [7, 11) is -3.29. The van der Waals surface area contributed by atoms with E-state index in [1.807, 2.05) is 11.8 Å². The van der Waals surface area contributed by atoms with Crippen molar-refractivity contribution in [2.24, 2.45) is 5.73 Å². The summed E-state index contributed by atoms with van der Waals surface area (Å²) >= 11 is 3.10. The Morgan fingerprint density at radius 3 is 2.82 bits per heavy atom. The normalized spacial score (nSPS) is 19.1.